The normalized spacial score (nSPS) is 21.0. The summed E-state index contributed by atoms with van der Waals surface area (Å²) in [5.41, 5.74) is -0.199. The number of likely N-dealkylation sites (N-methyl/N-ethyl adjacent to an activating group) is 1. The maximum Gasteiger partial charge on any atom is 0.244 e. The van der Waals surface area contributed by atoms with E-state index in [0.717, 1.165) is 19.0 Å². The number of carboxylic acid groups (broad SMARTS) is 1. The summed E-state index contributed by atoms with van der Waals surface area (Å²) >= 11 is 5.95. The number of aromatic carboxylic acids is 1. The Morgan fingerprint density at radius 2 is 2.05 bits per heavy atom. The second kappa shape index (κ2) is 6.31. The number of benzene rings is 1. The molecule has 1 N–H and O–H groups in total. The van der Waals surface area contributed by atoms with Gasteiger partial charge in [-0.2, -0.15) is 4.31 Å². The van der Waals surface area contributed by atoms with E-state index < -0.39 is 16.0 Å². The Morgan fingerprint density at radius 1 is 1.33 bits per heavy atom. The van der Waals surface area contributed by atoms with Gasteiger partial charge in [-0.05, 0) is 17.7 Å². The molecule has 1 aromatic rings. The van der Waals surface area contributed by atoms with E-state index in [-0.39, 0.29) is 15.5 Å². The van der Waals surface area contributed by atoms with Gasteiger partial charge in [0.15, 0.2) is 0 Å². The third-order valence-electron chi connectivity index (χ3n) is 3.58. The van der Waals surface area contributed by atoms with Crippen molar-refractivity contribution in [2.24, 2.45) is 0 Å². The Balaban J connectivity index is 2.39. The fourth-order valence-electron chi connectivity index (χ4n) is 2.32. The van der Waals surface area contributed by atoms with Crippen molar-refractivity contribution >= 4 is 27.6 Å². The molecule has 1 saturated heterocycles. The molecular weight excluding hydrogens is 316 g/mol. The largest absolute Gasteiger partial charge is 0.545 e. The van der Waals surface area contributed by atoms with E-state index in [2.05, 4.69) is 0 Å². The minimum Gasteiger partial charge on any atom is -0.545 e. The molecule has 1 aliphatic rings. The number of halogens is 1. The molecule has 1 heterocycles. The number of hydrogen-bond acceptors (Lipinski definition) is 4. The molecule has 0 saturated carbocycles. The van der Waals surface area contributed by atoms with E-state index in [9.17, 15) is 18.3 Å². The summed E-state index contributed by atoms with van der Waals surface area (Å²) in [7, 11) is -1.78. The summed E-state index contributed by atoms with van der Waals surface area (Å²) in [5, 5.41) is 10.9. The van der Waals surface area contributed by atoms with Crippen LogP contribution in [0.3, 0.4) is 0 Å². The quantitative estimate of drug-likeness (QED) is 0.739. The van der Waals surface area contributed by atoms with Gasteiger partial charge in [-0.15, -0.1) is 0 Å². The SMILES string of the molecule is C[NH+]1CCCN(S(=O)(=O)c2cc(C(=O)[O-])ccc2Cl)CC1. The standard InChI is InChI=1S/C13H17ClN2O4S/c1-15-5-2-6-16(8-7-15)21(19,20)12-9-10(13(17)18)3-4-11(12)14/h3-4,9H,2,5-8H2,1H3,(H,17,18). The Morgan fingerprint density at radius 3 is 2.71 bits per heavy atom. The van der Waals surface area contributed by atoms with Crippen molar-refractivity contribution in [1.29, 1.82) is 0 Å². The number of nitrogens with one attached hydrogen (secondary N) is 1. The van der Waals surface area contributed by atoms with Gasteiger partial charge in [-0.3, -0.25) is 0 Å². The van der Waals surface area contributed by atoms with Gasteiger partial charge in [-0.25, -0.2) is 8.42 Å². The highest BCUT2D eigenvalue weighted by Gasteiger charge is 2.29. The van der Waals surface area contributed by atoms with Gasteiger partial charge in [-0.1, -0.05) is 17.7 Å². The lowest BCUT2D eigenvalue weighted by atomic mass is 10.2. The van der Waals surface area contributed by atoms with Crippen molar-refractivity contribution in [3.05, 3.63) is 28.8 Å². The van der Waals surface area contributed by atoms with Gasteiger partial charge in [0.2, 0.25) is 10.0 Å². The van der Waals surface area contributed by atoms with E-state index in [1.807, 2.05) is 7.05 Å². The van der Waals surface area contributed by atoms with Crippen LogP contribution in [0.2, 0.25) is 5.02 Å². The lowest BCUT2D eigenvalue weighted by molar-refractivity contribution is -0.877. The highest BCUT2D eigenvalue weighted by Crippen LogP contribution is 2.26. The molecule has 0 aliphatic carbocycles. The smallest absolute Gasteiger partial charge is 0.244 e. The van der Waals surface area contributed by atoms with Crippen LogP contribution in [0.15, 0.2) is 23.1 Å². The lowest BCUT2D eigenvalue weighted by Gasteiger charge is -2.20. The van der Waals surface area contributed by atoms with E-state index in [1.54, 1.807) is 0 Å². The molecule has 0 spiro atoms. The van der Waals surface area contributed by atoms with Crippen LogP contribution in [0.1, 0.15) is 16.8 Å². The zero-order chi connectivity index (χ0) is 15.6. The number of nitrogens with zero attached hydrogens (tertiary/aromatic N) is 1. The van der Waals surface area contributed by atoms with Crippen molar-refractivity contribution in [1.82, 2.24) is 4.31 Å². The van der Waals surface area contributed by atoms with E-state index in [4.69, 9.17) is 11.6 Å². The minimum atomic E-state index is -3.80. The Bertz CT molecular complexity index is 648. The number of hydrogen-bond donors (Lipinski definition) is 1. The van der Waals surface area contributed by atoms with E-state index in [1.165, 1.54) is 21.3 Å². The fourth-order valence-corrected chi connectivity index (χ4v) is 4.30. The molecule has 0 aromatic heterocycles. The first-order valence-corrected chi connectivity index (χ1v) is 8.46. The second-order valence-electron chi connectivity index (χ2n) is 5.15. The monoisotopic (exact) mass is 332 g/mol. The van der Waals surface area contributed by atoms with Crippen LogP contribution in [-0.2, 0) is 10.0 Å². The third kappa shape index (κ3) is 3.55. The average molecular weight is 333 g/mol. The van der Waals surface area contributed by atoms with E-state index >= 15 is 0 Å². The van der Waals surface area contributed by atoms with Crippen LogP contribution in [0.25, 0.3) is 0 Å². The Kier molecular flexibility index (Phi) is 4.88. The number of rotatable bonds is 3. The molecule has 21 heavy (non-hydrogen) atoms. The molecule has 1 atom stereocenters. The molecule has 0 radical (unpaired) electrons. The summed E-state index contributed by atoms with van der Waals surface area (Å²) in [5.74, 6) is -1.43. The molecule has 6 nitrogen and oxygen atoms in total. The zero-order valence-electron chi connectivity index (χ0n) is 11.6. The first-order valence-electron chi connectivity index (χ1n) is 6.64. The summed E-state index contributed by atoms with van der Waals surface area (Å²) in [6.45, 7) is 2.40. The molecule has 0 amide bonds. The lowest BCUT2D eigenvalue weighted by Crippen LogP contribution is -3.09. The number of carboxylic acids is 1. The van der Waals surface area contributed by atoms with Crippen LogP contribution < -0.4 is 10.0 Å². The van der Waals surface area contributed by atoms with Crippen molar-refractivity contribution < 1.29 is 23.2 Å². The van der Waals surface area contributed by atoms with Gasteiger partial charge < -0.3 is 14.8 Å². The molecule has 1 aliphatic heterocycles. The Hall–Kier alpha value is -1.15. The molecule has 1 aromatic carbocycles. The van der Waals surface area contributed by atoms with Crippen LogP contribution in [-0.4, -0.2) is 51.9 Å². The number of sulfonamides is 1. The summed E-state index contributed by atoms with van der Waals surface area (Å²) in [4.78, 5) is 12.0. The number of quaternary nitrogens is 1. The molecule has 2 rings (SSSR count). The molecule has 8 heteroatoms. The highest BCUT2D eigenvalue weighted by atomic mass is 35.5. The van der Waals surface area contributed by atoms with Crippen LogP contribution >= 0.6 is 11.6 Å². The van der Waals surface area contributed by atoms with Crippen molar-refractivity contribution in [3.63, 3.8) is 0 Å². The van der Waals surface area contributed by atoms with Gasteiger partial charge in [0.1, 0.15) is 4.90 Å². The highest BCUT2D eigenvalue weighted by molar-refractivity contribution is 7.89. The van der Waals surface area contributed by atoms with Gasteiger partial charge in [0, 0.05) is 13.0 Å². The van der Waals surface area contributed by atoms with Crippen LogP contribution in [0.4, 0.5) is 0 Å². The second-order valence-corrected chi connectivity index (χ2v) is 7.46. The first kappa shape index (κ1) is 16.2. The zero-order valence-corrected chi connectivity index (χ0v) is 13.2. The van der Waals surface area contributed by atoms with Crippen LogP contribution in [0, 0.1) is 0 Å². The van der Waals surface area contributed by atoms with Gasteiger partial charge in [0.25, 0.3) is 0 Å². The van der Waals surface area contributed by atoms with Crippen molar-refractivity contribution in [2.75, 3.05) is 33.2 Å². The fraction of sp³-hybridized carbons (Fsp3) is 0.462. The maximum atomic E-state index is 12.7. The summed E-state index contributed by atoms with van der Waals surface area (Å²) < 4.78 is 26.7. The summed E-state index contributed by atoms with van der Waals surface area (Å²) in [6.07, 6.45) is 0.753. The molecule has 0 bridgehead atoms. The molecule has 1 fully saturated rings. The predicted octanol–water partition coefficient (Wildman–Crippen LogP) is -1.39. The van der Waals surface area contributed by atoms with E-state index in [0.29, 0.717) is 19.6 Å². The summed E-state index contributed by atoms with van der Waals surface area (Å²) in [6, 6.07) is 3.57. The minimum absolute atomic E-state index is 0.0185. The van der Waals surface area contributed by atoms with Gasteiger partial charge >= 0.3 is 0 Å². The van der Waals surface area contributed by atoms with Crippen LogP contribution in [0.5, 0.6) is 0 Å². The third-order valence-corrected chi connectivity index (χ3v) is 5.96. The maximum absolute atomic E-state index is 12.7. The number of carbonyl (C=O) groups excluding carboxylic acids is 1. The first-order chi connectivity index (χ1) is 9.82. The number of carbonyl (C=O) groups is 1. The molecule has 116 valence electrons. The average Bonchev–Trinajstić information content (AvgIpc) is 2.64. The van der Waals surface area contributed by atoms with Gasteiger partial charge in [0.05, 0.1) is 37.7 Å². The predicted molar refractivity (Wildman–Crippen MR) is 75.8 cm³/mol. The van der Waals surface area contributed by atoms with Crippen molar-refractivity contribution in [2.45, 2.75) is 11.3 Å². The molecule has 1 unspecified atom stereocenters. The Labute approximate surface area is 129 Å². The topological polar surface area (TPSA) is 82.0 Å². The van der Waals surface area contributed by atoms with Crippen molar-refractivity contribution in [3.8, 4) is 0 Å². The molecular formula is C13H17ClN2O4S.